The van der Waals surface area contributed by atoms with E-state index in [1.807, 2.05) is 34.9 Å². The number of nitrogens with zero attached hydrogens (tertiary/aromatic N) is 2. The minimum Gasteiger partial charge on any atom is -0.542 e. The summed E-state index contributed by atoms with van der Waals surface area (Å²) in [5.41, 5.74) is 0. The van der Waals surface area contributed by atoms with Crippen LogP contribution in [0.3, 0.4) is 0 Å². The van der Waals surface area contributed by atoms with E-state index in [4.69, 9.17) is 9.90 Å². The Morgan fingerprint density at radius 3 is 2.20 bits per heavy atom. The van der Waals surface area contributed by atoms with Crippen LogP contribution in [0.25, 0.3) is 6.20 Å². The van der Waals surface area contributed by atoms with Crippen molar-refractivity contribution in [3.63, 3.8) is 0 Å². The average Bonchev–Trinajstić information content (AvgIpc) is 2.50. The van der Waals surface area contributed by atoms with Crippen LogP contribution in [0.4, 0.5) is 13.2 Å². The van der Waals surface area contributed by atoms with E-state index in [0.717, 1.165) is 0 Å². The van der Waals surface area contributed by atoms with Crippen molar-refractivity contribution >= 4 is 12.2 Å². The standard InChI is InChI=1S/C6H9N2.C2HF3O2/c1-3-8-5-4-7(2)6-8;3-2(4,5)1(6)7/h3-6H,1H2,2H3;(H,6,7)/q+1;/p-1. The molecule has 1 aromatic heterocycles. The highest BCUT2D eigenvalue weighted by Gasteiger charge is 2.28. The number of aromatic nitrogens is 2. The summed E-state index contributed by atoms with van der Waals surface area (Å²) in [5, 5.41) is 8.78. The maximum Gasteiger partial charge on any atom is 0.430 e. The molecule has 0 saturated carbocycles. The lowest BCUT2D eigenvalue weighted by atomic mass is 10.7. The molecule has 1 rings (SSSR count). The van der Waals surface area contributed by atoms with E-state index in [2.05, 4.69) is 6.58 Å². The smallest absolute Gasteiger partial charge is 0.430 e. The number of hydrogen-bond donors (Lipinski definition) is 0. The van der Waals surface area contributed by atoms with Crippen molar-refractivity contribution in [3.8, 4) is 0 Å². The van der Waals surface area contributed by atoms with Gasteiger partial charge in [-0.15, -0.1) is 0 Å². The van der Waals surface area contributed by atoms with E-state index in [1.54, 1.807) is 6.20 Å². The number of alkyl halides is 3. The lowest BCUT2D eigenvalue weighted by molar-refractivity contribution is -0.670. The molecular weight excluding hydrogens is 213 g/mol. The van der Waals surface area contributed by atoms with Gasteiger partial charge < -0.3 is 9.90 Å². The molecular formula is C8H9F3N2O2. The first-order chi connectivity index (χ1) is 6.77. The highest BCUT2D eigenvalue weighted by atomic mass is 19.4. The molecule has 1 heterocycles. The van der Waals surface area contributed by atoms with Crippen molar-refractivity contribution in [2.75, 3.05) is 0 Å². The van der Waals surface area contributed by atoms with Crippen LogP contribution in [0.2, 0.25) is 0 Å². The Kier molecular flexibility index (Phi) is 4.56. The fourth-order valence-corrected chi connectivity index (χ4v) is 0.577. The normalized spacial score (nSPS) is 10.1. The van der Waals surface area contributed by atoms with E-state index in [-0.39, 0.29) is 0 Å². The van der Waals surface area contributed by atoms with Gasteiger partial charge in [-0.25, -0.2) is 9.13 Å². The first-order valence-corrected chi connectivity index (χ1v) is 3.70. The number of carbonyl (C=O) groups is 1. The van der Waals surface area contributed by atoms with Gasteiger partial charge in [0.1, 0.15) is 18.4 Å². The number of rotatable bonds is 1. The molecule has 84 valence electrons. The van der Waals surface area contributed by atoms with Crippen LogP contribution < -0.4 is 9.67 Å². The molecule has 0 aliphatic rings. The highest BCUT2D eigenvalue weighted by Crippen LogP contribution is 2.11. The van der Waals surface area contributed by atoms with Gasteiger partial charge in [-0.2, -0.15) is 13.2 Å². The highest BCUT2D eigenvalue weighted by molar-refractivity contribution is 5.70. The molecule has 0 aromatic carbocycles. The molecule has 1 aromatic rings. The Balaban J connectivity index is 0.000000265. The first kappa shape index (κ1) is 13.2. The molecule has 0 N–H and O–H groups in total. The summed E-state index contributed by atoms with van der Waals surface area (Å²) >= 11 is 0. The second-order valence-electron chi connectivity index (χ2n) is 2.49. The number of carboxylic acid groups (broad SMARTS) is 1. The number of imidazole rings is 1. The van der Waals surface area contributed by atoms with Gasteiger partial charge in [-0.05, 0) is 0 Å². The average molecular weight is 222 g/mol. The van der Waals surface area contributed by atoms with Crippen molar-refractivity contribution in [3.05, 3.63) is 25.3 Å². The van der Waals surface area contributed by atoms with Crippen LogP contribution in [0.15, 0.2) is 25.3 Å². The molecule has 0 fully saturated rings. The molecule has 0 radical (unpaired) electrons. The SMILES string of the molecule is C=Cn1cc[n+](C)c1.O=C([O-])C(F)(F)F. The third-order valence-electron chi connectivity index (χ3n) is 1.23. The predicted molar refractivity (Wildman–Crippen MR) is 43.1 cm³/mol. The Bertz CT molecular complexity index is 344. The third-order valence-corrected chi connectivity index (χ3v) is 1.23. The van der Waals surface area contributed by atoms with E-state index in [1.165, 1.54) is 0 Å². The molecule has 15 heavy (non-hydrogen) atoms. The molecule has 0 spiro atoms. The van der Waals surface area contributed by atoms with Crippen LogP contribution in [0.5, 0.6) is 0 Å². The number of hydrogen-bond acceptors (Lipinski definition) is 2. The minimum absolute atomic E-state index is 1.75. The molecule has 0 atom stereocenters. The molecule has 7 heteroatoms. The zero-order valence-corrected chi connectivity index (χ0v) is 7.86. The number of aliphatic carboxylic acids is 1. The Hall–Kier alpha value is -1.79. The Morgan fingerprint density at radius 2 is 2.07 bits per heavy atom. The predicted octanol–water partition coefficient (Wildman–Crippen LogP) is -0.288. The molecule has 0 aliphatic heterocycles. The number of halogens is 3. The molecule has 4 nitrogen and oxygen atoms in total. The van der Waals surface area contributed by atoms with Crippen LogP contribution in [-0.2, 0) is 11.8 Å². The Morgan fingerprint density at radius 1 is 1.60 bits per heavy atom. The van der Waals surface area contributed by atoms with Crippen molar-refractivity contribution in [2.24, 2.45) is 7.05 Å². The van der Waals surface area contributed by atoms with Crippen LogP contribution in [0.1, 0.15) is 0 Å². The lowest BCUT2D eigenvalue weighted by Crippen LogP contribution is -2.37. The lowest BCUT2D eigenvalue weighted by Gasteiger charge is -2.03. The van der Waals surface area contributed by atoms with Crippen molar-refractivity contribution in [2.45, 2.75) is 6.18 Å². The van der Waals surface area contributed by atoms with Crippen LogP contribution in [-0.4, -0.2) is 16.7 Å². The fourth-order valence-electron chi connectivity index (χ4n) is 0.577. The molecule has 0 amide bonds. The van der Waals surface area contributed by atoms with Gasteiger partial charge in [-0.1, -0.05) is 6.58 Å². The second kappa shape index (κ2) is 5.18. The second-order valence-corrected chi connectivity index (χ2v) is 2.49. The maximum atomic E-state index is 10.5. The monoisotopic (exact) mass is 222 g/mol. The summed E-state index contributed by atoms with van der Waals surface area (Å²) < 4.78 is 35.4. The Labute approximate surface area is 83.9 Å². The molecule has 0 saturated heterocycles. The van der Waals surface area contributed by atoms with Crippen LogP contribution >= 0.6 is 0 Å². The minimum atomic E-state index is -5.19. The van der Waals surface area contributed by atoms with Gasteiger partial charge >= 0.3 is 6.18 Å². The van der Waals surface area contributed by atoms with E-state index in [9.17, 15) is 13.2 Å². The maximum absolute atomic E-state index is 10.5. The molecule has 0 bridgehead atoms. The van der Waals surface area contributed by atoms with Crippen LogP contribution in [0, 0.1) is 0 Å². The zero-order chi connectivity index (χ0) is 12.1. The van der Waals surface area contributed by atoms with Gasteiger partial charge in [0.25, 0.3) is 0 Å². The summed E-state index contributed by atoms with van der Waals surface area (Å²) in [6.07, 6.45) is 2.39. The summed E-state index contributed by atoms with van der Waals surface area (Å²) in [4.78, 5) is 8.78. The van der Waals surface area contributed by atoms with Gasteiger partial charge in [0.2, 0.25) is 6.33 Å². The van der Waals surface area contributed by atoms with Gasteiger partial charge in [0, 0.05) is 0 Å². The molecule has 0 unspecified atom stereocenters. The molecule has 0 aliphatic carbocycles. The van der Waals surface area contributed by atoms with Gasteiger partial charge in [0.15, 0.2) is 0 Å². The van der Waals surface area contributed by atoms with E-state index < -0.39 is 12.1 Å². The van der Waals surface area contributed by atoms with E-state index >= 15 is 0 Å². The van der Waals surface area contributed by atoms with Crippen molar-refractivity contribution in [1.82, 2.24) is 4.57 Å². The topological polar surface area (TPSA) is 48.9 Å². The van der Waals surface area contributed by atoms with Gasteiger partial charge in [0.05, 0.1) is 13.2 Å². The quantitative estimate of drug-likeness (QED) is 0.613. The van der Waals surface area contributed by atoms with Gasteiger partial charge in [-0.3, -0.25) is 0 Å². The van der Waals surface area contributed by atoms with Crippen molar-refractivity contribution < 1.29 is 27.6 Å². The summed E-state index contributed by atoms with van der Waals surface area (Å²) in [6.45, 7) is 3.59. The summed E-state index contributed by atoms with van der Waals surface area (Å²) in [7, 11) is 1.97. The first-order valence-electron chi connectivity index (χ1n) is 3.70. The zero-order valence-electron chi connectivity index (χ0n) is 7.86. The van der Waals surface area contributed by atoms with E-state index in [0.29, 0.717) is 0 Å². The summed E-state index contributed by atoms with van der Waals surface area (Å²) in [5.74, 6) is -3.01. The third kappa shape index (κ3) is 5.50. The summed E-state index contributed by atoms with van der Waals surface area (Å²) in [6, 6.07) is 0. The fraction of sp³-hybridized carbons (Fsp3) is 0.250. The largest absolute Gasteiger partial charge is 0.542 e. The number of carbonyl (C=O) groups excluding carboxylic acids is 1. The number of carboxylic acids is 1. The van der Waals surface area contributed by atoms with Crippen molar-refractivity contribution in [1.29, 1.82) is 0 Å². The number of aryl methyl sites for hydroxylation is 1.